The van der Waals surface area contributed by atoms with E-state index in [1.165, 1.54) is 7.11 Å². The Balaban J connectivity index is 1.18. The van der Waals surface area contributed by atoms with Gasteiger partial charge in [0.15, 0.2) is 5.75 Å². The van der Waals surface area contributed by atoms with Gasteiger partial charge in [-0.1, -0.05) is 11.6 Å². The van der Waals surface area contributed by atoms with Crippen molar-refractivity contribution in [1.29, 1.82) is 0 Å². The summed E-state index contributed by atoms with van der Waals surface area (Å²) >= 11 is 6.29. The number of hydrogen-bond acceptors (Lipinski definition) is 9. The van der Waals surface area contributed by atoms with Gasteiger partial charge in [-0.05, 0) is 50.4 Å². The number of methoxy groups -OCH3 is 1. The zero-order valence-corrected chi connectivity index (χ0v) is 21.3. The van der Waals surface area contributed by atoms with Crippen LogP contribution in [-0.2, 0) is 29.2 Å². The molecule has 1 saturated heterocycles. The Kier molecular flexibility index (Phi) is 7.33. The quantitative estimate of drug-likeness (QED) is 0.348. The molecule has 3 aromatic rings. The summed E-state index contributed by atoms with van der Waals surface area (Å²) in [5.41, 5.74) is 2.04. The SMILES string of the molecule is COC(=O)CC1CCN(Cc2cc(Cl)nc(Oc3cnc(N4CCn5cc(C)nc5C4)nc3)c2)CC1. The van der Waals surface area contributed by atoms with Gasteiger partial charge in [-0.2, -0.15) is 0 Å². The molecular formula is C25H30ClN7O3. The van der Waals surface area contributed by atoms with Crippen LogP contribution in [0.15, 0.2) is 30.7 Å². The molecule has 0 spiro atoms. The van der Waals surface area contributed by atoms with Gasteiger partial charge < -0.3 is 18.9 Å². The molecular weight excluding hydrogens is 482 g/mol. The molecule has 0 N–H and O–H groups in total. The Morgan fingerprint density at radius 2 is 1.89 bits per heavy atom. The number of likely N-dealkylation sites (tertiary alicyclic amines) is 1. The Labute approximate surface area is 215 Å². The average Bonchev–Trinajstić information content (AvgIpc) is 3.24. The minimum absolute atomic E-state index is 0.133. The fourth-order valence-corrected chi connectivity index (χ4v) is 5.03. The third-order valence-electron chi connectivity index (χ3n) is 6.67. The first-order chi connectivity index (χ1) is 17.4. The molecule has 2 aliphatic heterocycles. The largest absolute Gasteiger partial charge is 0.469 e. The fourth-order valence-electron chi connectivity index (χ4n) is 4.80. The standard InChI is InChI=1S/C25H30ClN7O3/c1-17-14-32-7-8-33(16-22(32)29-17)25-27-12-20(13-28-25)36-23-10-19(9-21(26)30-23)15-31-5-3-18(4-6-31)11-24(34)35-2/h9-10,12-14,18H,3-8,11,15-16H2,1-2H3. The van der Waals surface area contributed by atoms with Crippen LogP contribution < -0.4 is 9.64 Å². The van der Waals surface area contributed by atoms with Crippen LogP contribution in [0.2, 0.25) is 5.15 Å². The van der Waals surface area contributed by atoms with Gasteiger partial charge in [0.25, 0.3) is 0 Å². The zero-order valence-electron chi connectivity index (χ0n) is 20.6. The zero-order chi connectivity index (χ0) is 25.1. The summed E-state index contributed by atoms with van der Waals surface area (Å²) in [5, 5.41) is 0.375. The van der Waals surface area contributed by atoms with Crippen molar-refractivity contribution in [2.75, 3.05) is 31.6 Å². The molecule has 0 aromatic carbocycles. The second kappa shape index (κ2) is 10.8. The van der Waals surface area contributed by atoms with Crippen molar-refractivity contribution in [2.45, 2.75) is 45.8 Å². The van der Waals surface area contributed by atoms with E-state index in [9.17, 15) is 4.79 Å². The van der Waals surface area contributed by atoms with E-state index in [1.54, 1.807) is 12.4 Å². The van der Waals surface area contributed by atoms with Gasteiger partial charge in [0.1, 0.15) is 11.0 Å². The third kappa shape index (κ3) is 5.93. The predicted molar refractivity (Wildman–Crippen MR) is 134 cm³/mol. The molecule has 10 nitrogen and oxygen atoms in total. The number of carbonyl (C=O) groups is 1. The van der Waals surface area contributed by atoms with Gasteiger partial charge in [-0.25, -0.2) is 19.9 Å². The van der Waals surface area contributed by atoms with Crippen molar-refractivity contribution >= 4 is 23.5 Å². The maximum absolute atomic E-state index is 11.5. The summed E-state index contributed by atoms with van der Waals surface area (Å²) in [7, 11) is 1.44. The van der Waals surface area contributed by atoms with E-state index < -0.39 is 0 Å². The predicted octanol–water partition coefficient (Wildman–Crippen LogP) is 3.62. The molecule has 3 aromatic heterocycles. The fraction of sp³-hybridized carbons (Fsp3) is 0.480. The minimum Gasteiger partial charge on any atom is -0.469 e. The molecule has 0 saturated carbocycles. The molecule has 11 heteroatoms. The summed E-state index contributed by atoms with van der Waals surface area (Å²) in [6.45, 7) is 6.93. The smallest absolute Gasteiger partial charge is 0.305 e. The van der Waals surface area contributed by atoms with Gasteiger partial charge in [0.05, 0.1) is 31.7 Å². The highest BCUT2D eigenvalue weighted by Crippen LogP contribution is 2.26. The summed E-state index contributed by atoms with van der Waals surface area (Å²) in [6.07, 6.45) is 7.82. The number of imidazole rings is 1. The normalized spacial score (nSPS) is 16.6. The molecule has 2 aliphatic rings. The summed E-state index contributed by atoms with van der Waals surface area (Å²) < 4.78 is 12.9. The van der Waals surface area contributed by atoms with Crippen LogP contribution in [0.4, 0.5) is 5.95 Å². The molecule has 0 radical (unpaired) electrons. The molecule has 36 heavy (non-hydrogen) atoms. The molecule has 0 unspecified atom stereocenters. The Morgan fingerprint density at radius 1 is 1.11 bits per heavy atom. The van der Waals surface area contributed by atoms with E-state index in [2.05, 4.69) is 40.5 Å². The highest BCUT2D eigenvalue weighted by atomic mass is 35.5. The molecule has 1 fully saturated rings. The van der Waals surface area contributed by atoms with Crippen LogP contribution in [0.3, 0.4) is 0 Å². The lowest BCUT2D eigenvalue weighted by atomic mass is 9.93. The van der Waals surface area contributed by atoms with Crippen molar-refractivity contribution in [3.05, 3.63) is 53.0 Å². The second-order valence-electron chi connectivity index (χ2n) is 9.37. The monoisotopic (exact) mass is 511 g/mol. The van der Waals surface area contributed by atoms with E-state index in [-0.39, 0.29) is 5.97 Å². The Hall–Kier alpha value is -3.24. The molecule has 0 amide bonds. The lowest BCUT2D eigenvalue weighted by Crippen LogP contribution is -2.34. The summed E-state index contributed by atoms with van der Waals surface area (Å²) in [6, 6.07) is 3.75. The lowest BCUT2D eigenvalue weighted by Gasteiger charge is -2.31. The Morgan fingerprint density at radius 3 is 2.64 bits per heavy atom. The van der Waals surface area contributed by atoms with Crippen molar-refractivity contribution < 1.29 is 14.3 Å². The number of halogens is 1. The van der Waals surface area contributed by atoms with E-state index in [0.29, 0.717) is 41.6 Å². The van der Waals surface area contributed by atoms with E-state index in [0.717, 1.165) is 62.6 Å². The van der Waals surface area contributed by atoms with Crippen LogP contribution in [-0.4, -0.2) is 62.1 Å². The van der Waals surface area contributed by atoms with E-state index in [1.807, 2.05) is 19.1 Å². The number of hydrogen-bond donors (Lipinski definition) is 0. The highest BCUT2D eigenvalue weighted by Gasteiger charge is 2.23. The highest BCUT2D eigenvalue weighted by molar-refractivity contribution is 6.29. The molecule has 0 aliphatic carbocycles. The molecule has 0 bridgehead atoms. The number of ether oxygens (including phenoxy) is 2. The van der Waals surface area contributed by atoms with E-state index >= 15 is 0 Å². The first-order valence-corrected chi connectivity index (χ1v) is 12.6. The average molecular weight is 512 g/mol. The Bertz CT molecular complexity index is 1210. The van der Waals surface area contributed by atoms with E-state index in [4.69, 9.17) is 21.1 Å². The molecule has 5 heterocycles. The maximum atomic E-state index is 11.5. The number of aromatic nitrogens is 5. The van der Waals surface area contributed by atoms with Gasteiger partial charge in [-0.15, -0.1) is 0 Å². The maximum Gasteiger partial charge on any atom is 0.305 e. The van der Waals surface area contributed by atoms with Gasteiger partial charge in [-0.3, -0.25) is 9.69 Å². The van der Waals surface area contributed by atoms with Gasteiger partial charge >= 0.3 is 5.97 Å². The first-order valence-electron chi connectivity index (χ1n) is 12.2. The number of pyridine rings is 1. The van der Waals surface area contributed by atoms with Crippen molar-refractivity contribution in [1.82, 2.24) is 29.4 Å². The number of anilines is 1. The number of esters is 1. The van der Waals surface area contributed by atoms with Crippen LogP contribution >= 0.6 is 11.6 Å². The number of carbonyl (C=O) groups excluding carboxylic acids is 1. The first kappa shape index (κ1) is 24.5. The number of fused-ring (bicyclic) bond motifs is 1. The lowest BCUT2D eigenvalue weighted by molar-refractivity contribution is -0.142. The van der Waals surface area contributed by atoms with Crippen LogP contribution in [0.5, 0.6) is 11.6 Å². The molecule has 190 valence electrons. The van der Waals surface area contributed by atoms with Gasteiger partial charge in [0, 0.05) is 38.3 Å². The topological polar surface area (TPSA) is 98.5 Å². The molecule has 0 atom stereocenters. The summed E-state index contributed by atoms with van der Waals surface area (Å²) in [5.74, 6) is 2.82. The van der Waals surface area contributed by atoms with Crippen molar-refractivity contribution in [3.63, 3.8) is 0 Å². The third-order valence-corrected chi connectivity index (χ3v) is 6.86. The summed E-state index contributed by atoms with van der Waals surface area (Å²) in [4.78, 5) is 33.9. The minimum atomic E-state index is -0.133. The number of rotatable bonds is 7. The number of aryl methyl sites for hydroxylation is 1. The van der Waals surface area contributed by atoms with Crippen LogP contribution in [0.25, 0.3) is 0 Å². The number of nitrogens with zero attached hydrogens (tertiary/aromatic N) is 7. The molecule has 5 rings (SSSR count). The van der Waals surface area contributed by atoms with Crippen LogP contribution in [0, 0.1) is 12.8 Å². The van der Waals surface area contributed by atoms with Crippen molar-refractivity contribution in [3.8, 4) is 11.6 Å². The van der Waals surface area contributed by atoms with Crippen molar-refractivity contribution in [2.24, 2.45) is 5.92 Å². The van der Waals surface area contributed by atoms with Gasteiger partial charge in [0.2, 0.25) is 11.8 Å². The van der Waals surface area contributed by atoms with Crippen LogP contribution in [0.1, 0.15) is 36.3 Å². The second-order valence-corrected chi connectivity index (χ2v) is 9.76. The number of piperidine rings is 1.